The van der Waals surface area contributed by atoms with Crippen LogP contribution in [0.5, 0.6) is 0 Å². The van der Waals surface area contributed by atoms with Crippen molar-refractivity contribution in [2.45, 2.75) is 0 Å². The van der Waals surface area contributed by atoms with Gasteiger partial charge in [-0.2, -0.15) is 0 Å². The maximum absolute atomic E-state index is 11.3. The third-order valence-corrected chi connectivity index (χ3v) is 2.76. The SMILES string of the molecule is NC(=O)OC(=O)c1ccc2ccsc2c1. The second-order valence-corrected chi connectivity index (χ2v) is 3.83. The predicted octanol–water partition coefficient (Wildman–Crippen LogP) is 2.14. The Morgan fingerprint density at radius 1 is 1.27 bits per heavy atom. The number of fused-ring (bicyclic) bond motifs is 1. The molecule has 0 aliphatic rings. The number of carbonyl (C=O) groups excluding carboxylic acids is 2. The summed E-state index contributed by atoms with van der Waals surface area (Å²) in [5.74, 6) is -0.724. The van der Waals surface area contributed by atoms with Gasteiger partial charge in [-0.1, -0.05) is 6.07 Å². The predicted molar refractivity (Wildman–Crippen MR) is 56.8 cm³/mol. The van der Waals surface area contributed by atoms with E-state index in [4.69, 9.17) is 5.73 Å². The molecule has 4 nitrogen and oxygen atoms in total. The Labute approximate surface area is 89.3 Å². The van der Waals surface area contributed by atoms with Crippen molar-refractivity contribution >= 4 is 33.5 Å². The lowest BCUT2D eigenvalue weighted by atomic mass is 10.2. The number of hydrogen-bond donors (Lipinski definition) is 1. The van der Waals surface area contributed by atoms with Gasteiger partial charge in [0, 0.05) is 4.70 Å². The number of esters is 1. The molecular weight excluding hydrogens is 214 g/mol. The smallest absolute Gasteiger partial charge is 0.373 e. The summed E-state index contributed by atoms with van der Waals surface area (Å²) in [6, 6.07) is 7.01. The largest absolute Gasteiger partial charge is 0.412 e. The lowest BCUT2D eigenvalue weighted by Crippen LogP contribution is -2.18. The summed E-state index contributed by atoms with van der Waals surface area (Å²) in [7, 11) is 0. The summed E-state index contributed by atoms with van der Waals surface area (Å²) in [6.45, 7) is 0. The molecule has 1 aromatic carbocycles. The van der Waals surface area contributed by atoms with E-state index in [0.29, 0.717) is 5.56 Å². The number of carbonyl (C=O) groups is 2. The fourth-order valence-corrected chi connectivity index (χ4v) is 2.06. The first-order chi connectivity index (χ1) is 7.16. The van der Waals surface area contributed by atoms with Crippen molar-refractivity contribution in [2.24, 2.45) is 5.73 Å². The minimum atomic E-state index is -1.09. The Hall–Kier alpha value is -1.88. The molecule has 0 spiro atoms. The highest BCUT2D eigenvalue weighted by Gasteiger charge is 2.10. The van der Waals surface area contributed by atoms with Gasteiger partial charge >= 0.3 is 12.1 Å². The number of nitrogens with two attached hydrogens (primary N) is 1. The number of ether oxygens (including phenoxy) is 1. The molecule has 5 heteroatoms. The molecule has 76 valence electrons. The van der Waals surface area contributed by atoms with Crippen LogP contribution in [-0.2, 0) is 4.74 Å². The quantitative estimate of drug-likeness (QED) is 0.592. The van der Waals surface area contributed by atoms with Crippen molar-refractivity contribution in [3.63, 3.8) is 0 Å². The molecule has 0 radical (unpaired) electrons. The topological polar surface area (TPSA) is 69.4 Å². The van der Waals surface area contributed by atoms with E-state index in [-0.39, 0.29) is 0 Å². The monoisotopic (exact) mass is 221 g/mol. The fourth-order valence-electron chi connectivity index (χ4n) is 1.23. The minimum absolute atomic E-state index is 0.323. The van der Waals surface area contributed by atoms with Crippen LogP contribution in [0.3, 0.4) is 0 Å². The average molecular weight is 221 g/mol. The molecule has 2 N–H and O–H groups in total. The summed E-state index contributed by atoms with van der Waals surface area (Å²) in [5, 5.41) is 2.98. The zero-order valence-electron chi connectivity index (χ0n) is 7.60. The Balaban J connectivity index is 2.35. The van der Waals surface area contributed by atoms with E-state index in [1.165, 1.54) is 11.3 Å². The Morgan fingerprint density at radius 3 is 2.80 bits per heavy atom. The third kappa shape index (κ3) is 1.97. The van der Waals surface area contributed by atoms with Crippen LogP contribution in [0.2, 0.25) is 0 Å². The van der Waals surface area contributed by atoms with Crippen LogP contribution in [0.1, 0.15) is 10.4 Å². The molecule has 0 atom stereocenters. The fraction of sp³-hybridized carbons (Fsp3) is 0. The van der Waals surface area contributed by atoms with Gasteiger partial charge in [0.25, 0.3) is 0 Å². The zero-order valence-corrected chi connectivity index (χ0v) is 8.41. The molecule has 0 fully saturated rings. The van der Waals surface area contributed by atoms with Gasteiger partial charge in [-0.15, -0.1) is 11.3 Å². The van der Waals surface area contributed by atoms with E-state index >= 15 is 0 Å². The van der Waals surface area contributed by atoms with Crippen molar-refractivity contribution < 1.29 is 14.3 Å². The van der Waals surface area contributed by atoms with E-state index in [0.717, 1.165) is 10.1 Å². The summed E-state index contributed by atoms with van der Waals surface area (Å²) in [4.78, 5) is 21.7. The Morgan fingerprint density at radius 2 is 2.07 bits per heavy atom. The first kappa shape index (κ1) is 9.67. The van der Waals surface area contributed by atoms with Crippen molar-refractivity contribution in [3.8, 4) is 0 Å². The summed E-state index contributed by atoms with van der Waals surface area (Å²) in [5.41, 5.74) is 5.07. The molecule has 0 saturated carbocycles. The first-order valence-corrected chi connectivity index (χ1v) is 5.03. The summed E-state index contributed by atoms with van der Waals surface area (Å²) >= 11 is 1.51. The number of rotatable bonds is 1. The van der Waals surface area contributed by atoms with Gasteiger partial charge in [-0.05, 0) is 29.0 Å². The lowest BCUT2D eigenvalue weighted by Gasteiger charge is -1.99. The highest BCUT2D eigenvalue weighted by Crippen LogP contribution is 2.22. The van der Waals surface area contributed by atoms with Gasteiger partial charge in [-0.3, -0.25) is 0 Å². The first-order valence-electron chi connectivity index (χ1n) is 4.16. The van der Waals surface area contributed by atoms with Crippen LogP contribution in [0, 0.1) is 0 Å². The molecule has 1 amide bonds. The second-order valence-electron chi connectivity index (χ2n) is 2.88. The number of benzene rings is 1. The number of thiophene rings is 1. The van der Waals surface area contributed by atoms with Crippen LogP contribution >= 0.6 is 11.3 Å². The molecule has 0 aliphatic heterocycles. The maximum Gasteiger partial charge on any atom is 0.412 e. The van der Waals surface area contributed by atoms with Gasteiger partial charge in [0.1, 0.15) is 0 Å². The lowest BCUT2D eigenvalue weighted by molar-refractivity contribution is 0.0638. The van der Waals surface area contributed by atoms with Gasteiger partial charge in [0.15, 0.2) is 0 Å². The standard InChI is InChI=1S/C10H7NO3S/c11-10(13)14-9(12)7-2-1-6-3-4-15-8(6)5-7/h1-5H,(H2,11,13). The van der Waals surface area contributed by atoms with Crippen LogP contribution in [0.15, 0.2) is 29.6 Å². The molecule has 0 unspecified atom stereocenters. The summed E-state index contributed by atoms with van der Waals surface area (Å²) < 4.78 is 5.23. The highest BCUT2D eigenvalue weighted by molar-refractivity contribution is 7.17. The summed E-state index contributed by atoms with van der Waals surface area (Å²) in [6.07, 6.45) is -1.09. The molecule has 2 rings (SSSR count). The Kier molecular flexibility index (Phi) is 2.39. The Bertz CT molecular complexity index is 532. The van der Waals surface area contributed by atoms with E-state index in [9.17, 15) is 9.59 Å². The van der Waals surface area contributed by atoms with Crippen molar-refractivity contribution in [2.75, 3.05) is 0 Å². The number of amides is 1. The third-order valence-electron chi connectivity index (χ3n) is 1.89. The molecule has 0 aliphatic carbocycles. The molecule has 1 aromatic heterocycles. The van der Waals surface area contributed by atoms with E-state index in [2.05, 4.69) is 4.74 Å². The number of primary amides is 1. The van der Waals surface area contributed by atoms with Crippen molar-refractivity contribution in [1.29, 1.82) is 0 Å². The van der Waals surface area contributed by atoms with E-state index in [1.54, 1.807) is 18.2 Å². The van der Waals surface area contributed by atoms with Gasteiger partial charge in [0.05, 0.1) is 5.56 Å². The van der Waals surface area contributed by atoms with E-state index < -0.39 is 12.1 Å². The van der Waals surface area contributed by atoms with Gasteiger partial charge < -0.3 is 10.5 Å². The van der Waals surface area contributed by atoms with Crippen LogP contribution in [0.4, 0.5) is 4.79 Å². The van der Waals surface area contributed by atoms with E-state index in [1.807, 2.05) is 11.4 Å². The minimum Gasteiger partial charge on any atom is -0.373 e. The van der Waals surface area contributed by atoms with Crippen molar-refractivity contribution in [1.82, 2.24) is 0 Å². The second kappa shape index (κ2) is 3.70. The molecular formula is C10H7NO3S. The molecule has 2 aromatic rings. The molecule has 0 bridgehead atoms. The van der Waals surface area contributed by atoms with Crippen LogP contribution < -0.4 is 5.73 Å². The van der Waals surface area contributed by atoms with Crippen LogP contribution in [0.25, 0.3) is 10.1 Å². The highest BCUT2D eigenvalue weighted by atomic mass is 32.1. The maximum atomic E-state index is 11.3. The van der Waals surface area contributed by atoms with Gasteiger partial charge in [-0.25, -0.2) is 9.59 Å². The van der Waals surface area contributed by atoms with Crippen LogP contribution in [-0.4, -0.2) is 12.1 Å². The van der Waals surface area contributed by atoms with Gasteiger partial charge in [0.2, 0.25) is 0 Å². The average Bonchev–Trinajstić information content (AvgIpc) is 2.62. The van der Waals surface area contributed by atoms with Crippen molar-refractivity contribution in [3.05, 3.63) is 35.2 Å². The molecule has 15 heavy (non-hydrogen) atoms. The zero-order chi connectivity index (χ0) is 10.8. The number of hydrogen-bond acceptors (Lipinski definition) is 4. The molecule has 1 heterocycles. The molecule has 0 saturated heterocycles. The normalized spacial score (nSPS) is 10.1.